The molecule has 0 fully saturated rings. The van der Waals surface area contributed by atoms with Gasteiger partial charge in [-0.2, -0.15) is 0 Å². The van der Waals surface area contributed by atoms with Gasteiger partial charge in [0.2, 0.25) is 0 Å². The zero-order valence-corrected chi connectivity index (χ0v) is 10.5. The fourth-order valence-electron chi connectivity index (χ4n) is 2.00. The molecule has 0 heterocycles. The first-order valence-corrected chi connectivity index (χ1v) is 6.00. The third kappa shape index (κ3) is 3.00. The number of halogens is 2. The van der Waals surface area contributed by atoms with Gasteiger partial charge >= 0.3 is 5.97 Å². The first kappa shape index (κ1) is 14.1. The summed E-state index contributed by atoms with van der Waals surface area (Å²) in [6, 6.07) is 9.20. The fourth-order valence-corrected chi connectivity index (χ4v) is 2.00. The number of rotatable bonds is 4. The maximum atomic E-state index is 13.7. The van der Waals surface area contributed by atoms with Crippen molar-refractivity contribution in [2.45, 2.75) is 12.5 Å². The monoisotopic (exact) mass is 277 g/mol. The molecule has 0 bridgehead atoms. The van der Waals surface area contributed by atoms with E-state index in [0.717, 1.165) is 0 Å². The zero-order chi connectivity index (χ0) is 14.7. The van der Waals surface area contributed by atoms with E-state index in [1.165, 1.54) is 24.3 Å². The van der Waals surface area contributed by atoms with E-state index >= 15 is 0 Å². The Morgan fingerprint density at radius 3 is 2.35 bits per heavy atom. The lowest BCUT2D eigenvalue weighted by Crippen LogP contribution is -2.14. The molecule has 2 rings (SSSR count). The largest absolute Gasteiger partial charge is 0.481 e. The lowest BCUT2D eigenvalue weighted by atomic mass is 9.98. The smallest absolute Gasteiger partial charge is 0.305 e. The van der Waals surface area contributed by atoms with Crippen LogP contribution in [0.1, 0.15) is 18.0 Å². The topological polar surface area (TPSA) is 63.3 Å². The van der Waals surface area contributed by atoms with E-state index < -0.39 is 23.6 Å². The van der Waals surface area contributed by atoms with Crippen LogP contribution in [0.2, 0.25) is 0 Å². The number of hydrogen-bond donors (Lipinski definition) is 2. The molecular weight excluding hydrogens is 264 g/mol. The number of nitrogens with two attached hydrogens (primary N) is 1. The molecule has 0 aliphatic heterocycles. The zero-order valence-electron chi connectivity index (χ0n) is 10.5. The van der Waals surface area contributed by atoms with Crippen molar-refractivity contribution in [2.24, 2.45) is 5.73 Å². The summed E-state index contributed by atoms with van der Waals surface area (Å²) in [5.74, 6) is -2.37. The van der Waals surface area contributed by atoms with Crippen LogP contribution in [0.5, 0.6) is 0 Å². The SMILES string of the molecule is NC(CC(=O)O)c1cccc(-c2c(F)cccc2F)c1. The molecule has 20 heavy (non-hydrogen) atoms. The molecule has 0 radical (unpaired) electrons. The lowest BCUT2D eigenvalue weighted by molar-refractivity contribution is -0.137. The van der Waals surface area contributed by atoms with E-state index in [1.54, 1.807) is 18.2 Å². The van der Waals surface area contributed by atoms with Crippen LogP contribution >= 0.6 is 0 Å². The second-order valence-corrected chi connectivity index (χ2v) is 4.43. The van der Waals surface area contributed by atoms with Crippen molar-refractivity contribution < 1.29 is 18.7 Å². The van der Waals surface area contributed by atoms with E-state index in [4.69, 9.17) is 10.8 Å². The molecule has 2 aromatic rings. The normalized spacial score (nSPS) is 12.2. The van der Waals surface area contributed by atoms with Gasteiger partial charge in [-0.05, 0) is 29.3 Å². The van der Waals surface area contributed by atoms with E-state index in [0.29, 0.717) is 11.1 Å². The van der Waals surface area contributed by atoms with Gasteiger partial charge in [0.1, 0.15) is 11.6 Å². The molecular formula is C15H13F2NO2. The van der Waals surface area contributed by atoms with Crippen LogP contribution in [0.25, 0.3) is 11.1 Å². The van der Waals surface area contributed by atoms with Gasteiger partial charge in [0.25, 0.3) is 0 Å². The standard InChI is InChI=1S/C15H13F2NO2/c16-11-5-2-6-12(17)15(11)10-4-1-3-9(7-10)13(18)8-14(19)20/h1-7,13H,8,18H2,(H,19,20). The van der Waals surface area contributed by atoms with Crippen LogP contribution < -0.4 is 5.73 Å². The van der Waals surface area contributed by atoms with Crippen LogP contribution in [0.15, 0.2) is 42.5 Å². The third-order valence-electron chi connectivity index (χ3n) is 2.96. The number of carboxylic acid groups (broad SMARTS) is 1. The van der Waals surface area contributed by atoms with Gasteiger partial charge < -0.3 is 10.8 Å². The minimum absolute atomic E-state index is 0.142. The molecule has 2 aromatic carbocycles. The molecule has 1 atom stereocenters. The summed E-state index contributed by atoms with van der Waals surface area (Å²) >= 11 is 0. The average Bonchev–Trinajstić information content (AvgIpc) is 2.38. The molecule has 0 amide bonds. The summed E-state index contributed by atoms with van der Waals surface area (Å²) in [5, 5.41) is 8.72. The Balaban J connectivity index is 2.42. The van der Waals surface area contributed by atoms with Gasteiger partial charge in [-0.15, -0.1) is 0 Å². The summed E-state index contributed by atoms with van der Waals surface area (Å²) in [6.45, 7) is 0. The highest BCUT2D eigenvalue weighted by Gasteiger charge is 2.14. The molecule has 0 spiro atoms. The fraction of sp³-hybridized carbons (Fsp3) is 0.133. The van der Waals surface area contributed by atoms with Crippen molar-refractivity contribution in [3.63, 3.8) is 0 Å². The van der Waals surface area contributed by atoms with Crippen LogP contribution in [0.3, 0.4) is 0 Å². The highest BCUT2D eigenvalue weighted by molar-refractivity contribution is 5.69. The number of aliphatic carboxylic acids is 1. The van der Waals surface area contributed by atoms with E-state index in [1.807, 2.05) is 0 Å². The van der Waals surface area contributed by atoms with Gasteiger partial charge in [0.05, 0.1) is 12.0 Å². The number of carboxylic acids is 1. The Labute approximate surface area is 114 Å². The first-order valence-electron chi connectivity index (χ1n) is 6.00. The minimum Gasteiger partial charge on any atom is -0.481 e. The van der Waals surface area contributed by atoms with Gasteiger partial charge in [-0.1, -0.05) is 24.3 Å². The maximum absolute atomic E-state index is 13.7. The van der Waals surface area contributed by atoms with Gasteiger partial charge in [-0.3, -0.25) is 4.79 Å². The van der Waals surface area contributed by atoms with Crippen molar-refractivity contribution in [1.82, 2.24) is 0 Å². The van der Waals surface area contributed by atoms with Gasteiger partial charge in [-0.25, -0.2) is 8.78 Å². The third-order valence-corrected chi connectivity index (χ3v) is 2.96. The molecule has 0 saturated heterocycles. The summed E-state index contributed by atoms with van der Waals surface area (Å²) < 4.78 is 27.4. The van der Waals surface area contributed by atoms with Gasteiger partial charge in [0.15, 0.2) is 0 Å². The molecule has 3 N–H and O–H groups in total. The predicted molar refractivity (Wildman–Crippen MR) is 71.0 cm³/mol. The van der Waals surface area contributed by atoms with E-state index in [2.05, 4.69) is 0 Å². The highest BCUT2D eigenvalue weighted by atomic mass is 19.1. The highest BCUT2D eigenvalue weighted by Crippen LogP contribution is 2.28. The van der Waals surface area contributed by atoms with E-state index in [9.17, 15) is 13.6 Å². The Morgan fingerprint density at radius 1 is 1.15 bits per heavy atom. The molecule has 104 valence electrons. The maximum Gasteiger partial charge on any atom is 0.305 e. The number of benzene rings is 2. The Bertz CT molecular complexity index is 623. The number of hydrogen-bond acceptors (Lipinski definition) is 2. The summed E-state index contributed by atoms with van der Waals surface area (Å²) in [4.78, 5) is 10.6. The van der Waals surface area contributed by atoms with Crippen LogP contribution in [-0.4, -0.2) is 11.1 Å². The molecule has 1 unspecified atom stereocenters. The summed E-state index contributed by atoms with van der Waals surface area (Å²) in [7, 11) is 0. The van der Waals surface area contributed by atoms with Crippen molar-refractivity contribution >= 4 is 5.97 Å². The predicted octanol–water partition coefficient (Wildman–Crippen LogP) is 3.11. The lowest BCUT2D eigenvalue weighted by Gasteiger charge is -2.12. The summed E-state index contributed by atoms with van der Waals surface area (Å²) in [5.41, 5.74) is 6.46. The van der Waals surface area contributed by atoms with E-state index in [-0.39, 0.29) is 12.0 Å². The van der Waals surface area contributed by atoms with Crippen molar-refractivity contribution in [1.29, 1.82) is 0 Å². The molecule has 0 aromatic heterocycles. The molecule has 0 aliphatic rings. The quantitative estimate of drug-likeness (QED) is 0.902. The van der Waals surface area contributed by atoms with Crippen LogP contribution in [0, 0.1) is 11.6 Å². The van der Waals surface area contributed by atoms with Crippen molar-refractivity contribution in [3.05, 3.63) is 59.7 Å². The minimum atomic E-state index is -1.03. The summed E-state index contributed by atoms with van der Waals surface area (Å²) in [6.07, 6.45) is -0.247. The molecule has 0 saturated carbocycles. The Kier molecular flexibility index (Phi) is 4.10. The Morgan fingerprint density at radius 2 is 1.75 bits per heavy atom. The molecule has 3 nitrogen and oxygen atoms in total. The molecule has 0 aliphatic carbocycles. The first-order chi connectivity index (χ1) is 9.49. The van der Waals surface area contributed by atoms with Crippen LogP contribution in [-0.2, 0) is 4.79 Å². The van der Waals surface area contributed by atoms with Gasteiger partial charge in [0, 0.05) is 6.04 Å². The van der Waals surface area contributed by atoms with Crippen LogP contribution in [0.4, 0.5) is 8.78 Å². The average molecular weight is 277 g/mol. The second kappa shape index (κ2) is 5.79. The molecule has 5 heteroatoms. The Hall–Kier alpha value is -2.27. The second-order valence-electron chi connectivity index (χ2n) is 4.43. The number of carbonyl (C=O) groups is 1. The van der Waals surface area contributed by atoms with Crippen molar-refractivity contribution in [2.75, 3.05) is 0 Å². The van der Waals surface area contributed by atoms with Crippen molar-refractivity contribution in [3.8, 4) is 11.1 Å².